The molecule has 3 nitrogen and oxygen atoms in total. The molecule has 0 saturated carbocycles. The highest BCUT2D eigenvalue weighted by Crippen LogP contribution is 2.36. The third kappa shape index (κ3) is 2.00. The van der Waals surface area contributed by atoms with Crippen molar-refractivity contribution in [1.82, 2.24) is 5.16 Å². The van der Waals surface area contributed by atoms with Crippen LogP contribution in [0.5, 0.6) is 0 Å². The van der Waals surface area contributed by atoms with Crippen molar-refractivity contribution in [1.29, 1.82) is 0 Å². The van der Waals surface area contributed by atoms with Crippen LogP contribution in [0.25, 0.3) is 11.1 Å². The fraction of sp³-hybridized carbons (Fsp3) is 0.250. The van der Waals surface area contributed by atoms with Crippen molar-refractivity contribution in [2.45, 2.75) is 19.8 Å². The van der Waals surface area contributed by atoms with E-state index in [9.17, 15) is 4.39 Å². The maximum Gasteiger partial charge on any atom is 0.175 e. The highest BCUT2D eigenvalue weighted by molar-refractivity contribution is 6.31. The standard InChI is InChI=1S/C12H12ClFN2O/c1-6(2)11-9(12(15)16-17-11)7-4-3-5-8(13)10(7)14/h3-6H,1-2H3,(H2,15,16). The first-order valence-electron chi connectivity index (χ1n) is 5.21. The topological polar surface area (TPSA) is 52.0 Å². The molecule has 0 aliphatic carbocycles. The van der Waals surface area contributed by atoms with Crippen LogP contribution in [-0.2, 0) is 0 Å². The molecule has 90 valence electrons. The third-order valence-electron chi connectivity index (χ3n) is 2.49. The van der Waals surface area contributed by atoms with Crippen LogP contribution in [-0.4, -0.2) is 5.16 Å². The summed E-state index contributed by atoms with van der Waals surface area (Å²) in [6.45, 7) is 3.85. The van der Waals surface area contributed by atoms with Crippen molar-refractivity contribution in [2.24, 2.45) is 0 Å². The van der Waals surface area contributed by atoms with E-state index in [0.29, 0.717) is 16.9 Å². The van der Waals surface area contributed by atoms with Crippen LogP contribution in [0.2, 0.25) is 5.02 Å². The minimum Gasteiger partial charge on any atom is -0.380 e. The summed E-state index contributed by atoms with van der Waals surface area (Å²) in [6, 6.07) is 4.76. The fourth-order valence-electron chi connectivity index (χ4n) is 1.68. The SMILES string of the molecule is CC(C)c1onc(N)c1-c1cccc(Cl)c1F. The van der Waals surface area contributed by atoms with E-state index in [2.05, 4.69) is 5.16 Å². The van der Waals surface area contributed by atoms with Gasteiger partial charge in [-0.2, -0.15) is 0 Å². The van der Waals surface area contributed by atoms with Gasteiger partial charge in [0.15, 0.2) is 5.82 Å². The van der Waals surface area contributed by atoms with Gasteiger partial charge in [-0.3, -0.25) is 0 Å². The Hall–Kier alpha value is -1.55. The predicted molar refractivity (Wildman–Crippen MR) is 65.4 cm³/mol. The number of hydrogen-bond acceptors (Lipinski definition) is 3. The lowest BCUT2D eigenvalue weighted by Gasteiger charge is -2.06. The van der Waals surface area contributed by atoms with Gasteiger partial charge in [-0.25, -0.2) is 4.39 Å². The van der Waals surface area contributed by atoms with Gasteiger partial charge in [0.1, 0.15) is 11.6 Å². The third-order valence-corrected chi connectivity index (χ3v) is 2.78. The highest BCUT2D eigenvalue weighted by atomic mass is 35.5. The number of nitrogens with two attached hydrogens (primary N) is 1. The first kappa shape index (κ1) is 11.9. The summed E-state index contributed by atoms with van der Waals surface area (Å²) in [5, 5.41) is 3.73. The van der Waals surface area contributed by atoms with Crippen molar-refractivity contribution >= 4 is 17.4 Å². The Bertz CT molecular complexity index is 551. The van der Waals surface area contributed by atoms with Crippen LogP contribution >= 0.6 is 11.6 Å². The van der Waals surface area contributed by atoms with E-state index in [0.717, 1.165) is 0 Å². The molecule has 1 aromatic carbocycles. The number of hydrogen-bond donors (Lipinski definition) is 1. The first-order chi connectivity index (χ1) is 8.02. The summed E-state index contributed by atoms with van der Waals surface area (Å²) in [5.74, 6) is 0.290. The summed E-state index contributed by atoms with van der Waals surface area (Å²) in [5.41, 5.74) is 6.52. The minimum absolute atomic E-state index is 0.0535. The largest absolute Gasteiger partial charge is 0.380 e. The molecule has 0 aliphatic rings. The van der Waals surface area contributed by atoms with Gasteiger partial charge in [-0.1, -0.05) is 42.7 Å². The van der Waals surface area contributed by atoms with Gasteiger partial charge in [0.25, 0.3) is 0 Å². The molecule has 0 amide bonds. The maximum absolute atomic E-state index is 13.9. The Balaban J connectivity index is 2.68. The second kappa shape index (κ2) is 4.37. The van der Waals surface area contributed by atoms with Crippen LogP contribution in [0, 0.1) is 5.82 Å². The summed E-state index contributed by atoms with van der Waals surface area (Å²) in [4.78, 5) is 0. The number of nitrogens with zero attached hydrogens (tertiary/aromatic N) is 1. The second-order valence-corrected chi connectivity index (χ2v) is 4.47. The monoisotopic (exact) mass is 254 g/mol. The molecule has 0 unspecified atom stereocenters. The van der Waals surface area contributed by atoms with E-state index in [1.54, 1.807) is 12.1 Å². The lowest BCUT2D eigenvalue weighted by Crippen LogP contribution is -1.95. The molecule has 2 aromatic rings. The molecule has 1 heterocycles. The smallest absolute Gasteiger partial charge is 0.175 e. The van der Waals surface area contributed by atoms with Crippen LogP contribution in [0.15, 0.2) is 22.7 Å². The Morgan fingerprint density at radius 2 is 2.12 bits per heavy atom. The lowest BCUT2D eigenvalue weighted by molar-refractivity contribution is 0.374. The summed E-state index contributed by atoms with van der Waals surface area (Å²) in [7, 11) is 0. The molecule has 0 radical (unpaired) electrons. The number of rotatable bonds is 2. The molecular formula is C12H12ClFN2O. The van der Waals surface area contributed by atoms with Crippen molar-refractivity contribution in [3.05, 3.63) is 34.8 Å². The highest BCUT2D eigenvalue weighted by Gasteiger charge is 2.21. The number of anilines is 1. The molecule has 5 heteroatoms. The van der Waals surface area contributed by atoms with E-state index in [1.165, 1.54) is 6.07 Å². The summed E-state index contributed by atoms with van der Waals surface area (Å²) >= 11 is 5.75. The number of halogens is 2. The minimum atomic E-state index is -0.508. The van der Waals surface area contributed by atoms with Gasteiger partial charge in [0.2, 0.25) is 0 Å². The Labute approximate surface area is 103 Å². The predicted octanol–water partition coefficient (Wildman–Crippen LogP) is 3.84. The van der Waals surface area contributed by atoms with Crippen molar-refractivity contribution in [3.8, 4) is 11.1 Å². The maximum atomic E-state index is 13.9. The molecular weight excluding hydrogens is 243 g/mol. The van der Waals surface area contributed by atoms with Gasteiger partial charge in [0.05, 0.1) is 10.6 Å². The zero-order chi connectivity index (χ0) is 12.6. The molecule has 2 rings (SSSR count). The van der Waals surface area contributed by atoms with Gasteiger partial charge < -0.3 is 10.3 Å². The normalized spacial score (nSPS) is 11.1. The van der Waals surface area contributed by atoms with E-state index >= 15 is 0 Å². The number of nitrogen functional groups attached to an aromatic ring is 1. The van der Waals surface area contributed by atoms with Crippen molar-refractivity contribution < 1.29 is 8.91 Å². The average Bonchev–Trinajstić information content (AvgIpc) is 2.65. The fourth-order valence-corrected chi connectivity index (χ4v) is 1.85. The van der Waals surface area contributed by atoms with Gasteiger partial charge >= 0.3 is 0 Å². The molecule has 1 aromatic heterocycles. The van der Waals surface area contributed by atoms with Gasteiger partial charge in [-0.05, 0) is 6.07 Å². The molecule has 0 aliphatic heterocycles. The molecule has 0 fully saturated rings. The van der Waals surface area contributed by atoms with Crippen LogP contribution in [0.4, 0.5) is 10.2 Å². The number of aromatic nitrogens is 1. The van der Waals surface area contributed by atoms with Crippen LogP contribution in [0.1, 0.15) is 25.5 Å². The second-order valence-electron chi connectivity index (χ2n) is 4.06. The zero-order valence-electron chi connectivity index (χ0n) is 9.50. The number of benzene rings is 1. The Morgan fingerprint density at radius 3 is 2.76 bits per heavy atom. The van der Waals surface area contributed by atoms with Gasteiger partial charge in [0, 0.05) is 11.5 Å². The van der Waals surface area contributed by atoms with E-state index in [1.807, 2.05) is 13.8 Å². The van der Waals surface area contributed by atoms with E-state index < -0.39 is 5.82 Å². The molecule has 2 N–H and O–H groups in total. The summed E-state index contributed by atoms with van der Waals surface area (Å²) in [6.07, 6.45) is 0. The molecule has 17 heavy (non-hydrogen) atoms. The van der Waals surface area contributed by atoms with Crippen molar-refractivity contribution in [3.63, 3.8) is 0 Å². The first-order valence-corrected chi connectivity index (χ1v) is 5.59. The zero-order valence-corrected chi connectivity index (χ0v) is 10.3. The molecule has 0 saturated heterocycles. The van der Waals surface area contributed by atoms with Crippen LogP contribution in [0.3, 0.4) is 0 Å². The molecule has 0 spiro atoms. The lowest BCUT2D eigenvalue weighted by atomic mass is 9.99. The molecule has 0 atom stereocenters. The van der Waals surface area contributed by atoms with Crippen LogP contribution < -0.4 is 5.73 Å². The summed E-state index contributed by atoms with van der Waals surface area (Å²) < 4.78 is 19.1. The Morgan fingerprint density at radius 1 is 1.41 bits per heavy atom. The average molecular weight is 255 g/mol. The van der Waals surface area contributed by atoms with E-state index in [4.69, 9.17) is 21.9 Å². The quantitative estimate of drug-likeness (QED) is 0.886. The van der Waals surface area contributed by atoms with E-state index in [-0.39, 0.29) is 16.8 Å². The van der Waals surface area contributed by atoms with Gasteiger partial charge in [-0.15, -0.1) is 0 Å². The van der Waals surface area contributed by atoms with Crippen molar-refractivity contribution in [2.75, 3.05) is 5.73 Å². The molecule has 0 bridgehead atoms. The Kier molecular flexibility index (Phi) is 3.07.